The molecule has 0 saturated carbocycles. The summed E-state index contributed by atoms with van der Waals surface area (Å²) in [6.45, 7) is 7.39. The van der Waals surface area contributed by atoms with Crippen molar-refractivity contribution in [1.82, 2.24) is 5.32 Å². The molecule has 0 saturated heterocycles. The highest BCUT2D eigenvalue weighted by Crippen LogP contribution is 2.35. The first-order valence-electron chi connectivity index (χ1n) is 7.10. The summed E-state index contributed by atoms with van der Waals surface area (Å²) in [5.41, 5.74) is 3.96. The fourth-order valence-corrected chi connectivity index (χ4v) is 3.44. The van der Waals surface area contributed by atoms with Gasteiger partial charge in [-0.15, -0.1) is 0 Å². The summed E-state index contributed by atoms with van der Waals surface area (Å²) in [4.78, 5) is 0. The lowest BCUT2D eigenvalue weighted by Gasteiger charge is -2.16. The number of hydrogen-bond donors (Lipinski definition) is 1. The van der Waals surface area contributed by atoms with Crippen LogP contribution in [0.1, 0.15) is 43.5 Å². The molecule has 106 valence electrons. The Morgan fingerprint density at radius 3 is 2.95 bits per heavy atom. The van der Waals surface area contributed by atoms with Crippen LogP contribution in [0, 0.1) is 0 Å². The van der Waals surface area contributed by atoms with E-state index in [1.54, 1.807) is 11.3 Å². The molecule has 1 atom stereocenters. The van der Waals surface area contributed by atoms with Crippen molar-refractivity contribution in [3.05, 3.63) is 51.7 Å². The molecule has 0 spiro atoms. The lowest BCUT2D eigenvalue weighted by atomic mass is 10.00. The van der Waals surface area contributed by atoms with Crippen molar-refractivity contribution < 1.29 is 4.74 Å². The Morgan fingerprint density at radius 2 is 2.20 bits per heavy atom. The molecule has 2 heterocycles. The van der Waals surface area contributed by atoms with Crippen molar-refractivity contribution in [1.29, 1.82) is 0 Å². The van der Waals surface area contributed by atoms with Crippen LogP contribution >= 0.6 is 11.3 Å². The van der Waals surface area contributed by atoms with Crippen LogP contribution in [-0.4, -0.2) is 5.60 Å². The van der Waals surface area contributed by atoms with Gasteiger partial charge in [0.1, 0.15) is 11.4 Å². The molecule has 3 rings (SSSR count). The fourth-order valence-electron chi connectivity index (χ4n) is 2.68. The predicted octanol–water partition coefficient (Wildman–Crippen LogP) is 4.31. The highest BCUT2D eigenvalue weighted by molar-refractivity contribution is 7.07. The Morgan fingerprint density at radius 1 is 1.35 bits per heavy atom. The Labute approximate surface area is 124 Å². The SMILES string of the molecule is CC(NCc1ccc2c(c1)CC(C)(C)O2)c1ccsc1. The second-order valence-electron chi connectivity index (χ2n) is 6.14. The zero-order valence-electron chi connectivity index (χ0n) is 12.3. The average Bonchev–Trinajstić information content (AvgIpc) is 3.00. The summed E-state index contributed by atoms with van der Waals surface area (Å²) in [7, 11) is 0. The highest BCUT2D eigenvalue weighted by Gasteiger charge is 2.29. The first-order chi connectivity index (χ1) is 9.53. The smallest absolute Gasteiger partial charge is 0.123 e. The molecule has 0 fully saturated rings. The van der Waals surface area contributed by atoms with Gasteiger partial charge in [-0.3, -0.25) is 0 Å². The number of fused-ring (bicyclic) bond motifs is 1. The maximum absolute atomic E-state index is 5.91. The van der Waals surface area contributed by atoms with Gasteiger partial charge < -0.3 is 10.1 Å². The van der Waals surface area contributed by atoms with Crippen LogP contribution in [0.4, 0.5) is 0 Å². The molecule has 2 nitrogen and oxygen atoms in total. The minimum absolute atomic E-state index is 0.0572. The van der Waals surface area contributed by atoms with Gasteiger partial charge in [0, 0.05) is 19.0 Å². The van der Waals surface area contributed by atoms with Crippen molar-refractivity contribution in [3.8, 4) is 5.75 Å². The predicted molar refractivity (Wildman–Crippen MR) is 84.4 cm³/mol. The fraction of sp³-hybridized carbons (Fsp3) is 0.412. The van der Waals surface area contributed by atoms with E-state index in [2.05, 4.69) is 61.1 Å². The number of thiophene rings is 1. The van der Waals surface area contributed by atoms with Gasteiger partial charge in [-0.05, 0) is 60.4 Å². The first-order valence-corrected chi connectivity index (χ1v) is 8.04. The molecule has 1 aliphatic heterocycles. The summed E-state index contributed by atoms with van der Waals surface area (Å²) >= 11 is 1.75. The van der Waals surface area contributed by atoms with E-state index >= 15 is 0 Å². The molecule has 0 amide bonds. The van der Waals surface area contributed by atoms with E-state index in [9.17, 15) is 0 Å². The second-order valence-corrected chi connectivity index (χ2v) is 6.92. The molecule has 0 bridgehead atoms. The van der Waals surface area contributed by atoms with Crippen molar-refractivity contribution in [2.75, 3.05) is 0 Å². The van der Waals surface area contributed by atoms with Crippen molar-refractivity contribution >= 4 is 11.3 Å². The van der Waals surface area contributed by atoms with E-state index in [0.29, 0.717) is 6.04 Å². The molecule has 0 radical (unpaired) electrons. The summed E-state index contributed by atoms with van der Waals surface area (Å²) < 4.78 is 5.91. The van der Waals surface area contributed by atoms with Gasteiger partial charge in [0.05, 0.1) is 0 Å². The summed E-state index contributed by atoms with van der Waals surface area (Å²) in [6, 6.07) is 9.12. The van der Waals surface area contributed by atoms with Crippen molar-refractivity contribution in [3.63, 3.8) is 0 Å². The molecule has 1 unspecified atom stereocenters. The van der Waals surface area contributed by atoms with Crippen LogP contribution < -0.4 is 10.1 Å². The average molecular weight is 287 g/mol. The third kappa shape index (κ3) is 2.89. The third-order valence-corrected chi connectivity index (χ3v) is 4.48. The third-order valence-electron chi connectivity index (χ3n) is 3.78. The number of hydrogen-bond acceptors (Lipinski definition) is 3. The zero-order chi connectivity index (χ0) is 14.2. The van der Waals surface area contributed by atoms with E-state index < -0.39 is 0 Å². The summed E-state index contributed by atoms with van der Waals surface area (Å²) in [5, 5.41) is 7.91. The van der Waals surface area contributed by atoms with Crippen LogP contribution in [0.3, 0.4) is 0 Å². The Kier molecular flexibility index (Phi) is 3.57. The molecular weight excluding hydrogens is 266 g/mol. The van der Waals surface area contributed by atoms with E-state index in [1.807, 2.05) is 0 Å². The molecule has 1 aromatic heterocycles. The quantitative estimate of drug-likeness (QED) is 0.904. The van der Waals surface area contributed by atoms with Gasteiger partial charge in [0.15, 0.2) is 0 Å². The molecule has 1 aliphatic rings. The van der Waals surface area contributed by atoms with Gasteiger partial charge in [-0.2, -0.15) is 11.3 Å². The van der Waals surface area contributed by atoms with Gasteiger partial charge in [-0.1, -0.05) is 12.1 Å². The van der Waals surface area contributed by atoms with Crippen LogP contribution in [0.2, 0.25) is 0 Å². The van der Waals surface area contributed by atoms with Gasteiger partial charge in [0.25, 0.3) is 0 Å². The minimum Gasteiger partial charge on any atom is -0.487 e. The largest absolute Gasteiger partial charge is 0.487 e. The van der Waals surface area contributed by atoms with Crippen molar-refractivity contribution in [2.24, 2.45) is 0 Å². The Bertz CT molecular complexity index is 589. The van der Waals surface area contributed by atoms with E-state index in [4.69, 9.17) is 4.74 Å². The molecule has 1 N–H and O–H groups in total. The molecule has 2 aromatic rings. The van der Waals surface area contributed by atoms with Crippen LogP contribution in [0.5, 0.6) is 5.75 Å². The molecule has 3 heteroatoms. The summed E-state index contributed by atoms with van der Waals surface area (Å²) in [5.74, 6) is 1.05. The standard InChI is InChI=1S/C17H21NOS/c1-12(14-6-7-20-11-14)18-10-13-4-5-16-15(8-13)9-17(2,3)19-16/h4-8,11-12,18H,9-10H2,1-3H3. The molecule has 0 aliphatic carbocycles. The number of ether oxygens (including phenoxy) is 1. The maximum atomic E-state index is 5.91. The highest BCUT2D eigenvalue weighted by atomic mass is 32.1. The molecule has 1 aromatic carbocycles. The molecular formula is C17H21NOS. The second kappa shape index (κ2) is 5.23. The lowest BCUT2D eigenvalue weighted by molar-refractivity contribution is 0.138. The monoisotopic (exact) mass is 287 g/mol. The van der Waals surface area contributed by atoms with Crippen LogP contribution in [0.15, 0.2) is 35.0 Å². The number of benzene rings is 1. The van der Waals surface area contributed by atoms with Gasteiger partial charge >= 0.3 is 0 Å². The van der Waals surface area contributed by atoms with Crippen molar-refractivity contribution in [2.45, 2.75) is 45.4 Å². The van der Waals surface area contributed by atoms with Gasteiger partial charge in [-0.25, -0.2) is 0 Å². The normalized spacial score (nSPS) is 17.6. The topological polar surface area (TPSA) is 21.3 Å². The Hall–Kier alpha value is -1.32. The van der Waals surface area contributed by atoms with E-state index in [0.717, 1.165) is 18.7 Å². The Balaban J connectivity index is 1.65. The van der Waals surface area contributed by atoms with Crippen LogP contribution in [-0.2, 0) is 13.0 Å². The molecule has 20 heavy (non-hydrogen) atoms. The maximum Gasteiger partial charge on any atom is 0.123 e. The summed E-state index contributed by atoms with van der Waals surface area (Å²) in [6.07, 6.45) is 0.996. The minimum atomic E-state index is -0.0572. The number of rotatable bonds is 4. The van der Waals surface area contributed by atoms with Gasteiger partial charge in [0.2, 0.25) is 0 Å². The lowest BCUT2D eigenvalue weighted by Crippen LogP contribution is -2.24. The first kappa shape index (κ1) is 13.7. The van der Waals surface area contributed by atoms with Crippen LogP contribution in [0.25, 0.3) is 0 Å². The van der Waals surface area contributed by atoms with E-state index in [-0.39, 0.29) is 5.60 Å². The number of nitrogens with one attached hydrogen (secondary N) is 1. The van der Waals surface area contributed by atoms with E-state index in [1.165, 1.54) is 16.7 Å². The zero-order valence-corrected chi connectivity index (χ0v) is 13.1.